The molecule has 6 atom stereocenters. The van der Waals surface area contributed by atoms with E-state index in [1.807, 2.05) is 6.92 Å². The van der Waals surface area contributed by atoms with Gasteiger partial charge in [-0.2, -0.15) is 0 Å². The molecule has 2 N–H and O–H groups in total. The Balaban J connectivity index is 1.81. The summed E-state index contributed by atoms with van der Waals surface area (Å²) in [6.45, 7) is 4.07. The van der Waals surface area contributed by atoms with Gasteiger partial charge < -0.3 is 10.2 Å². The second-order valence-corrected chi connectivity index (χ2v) is 8.67. The maximum atomic E-state index is 12.4. The summed E-state index contributed by atoms with van der Waals surface area (Å²) >= 11 is 0. The van der Waals surface area contributed by atoms with Crippen LogP contribution in [0.5, 0.6) is 0 Å². The van der Waals surface area contributed by atoms with E-state index in [0.29, 0.717) is 37.9 Å². The quantitative estimate of drug-likeness (QED) is 0.718. The highest BCUT2D eigenvalue weighted by Crippen LogP contribution is 2.66. The highest BCUT2D eigenvalue weighted by Gasteiger charge is 2.67. The van der Waals surface area contributed by atoms with E-state index in [0.717, 1.165) is 18.4 Å². The van der Waals surface area contributed by atoms with E-state index in [-0.39, 0.29) is 23.0 Å². The Labute approximate surface area is 137 Å². The molecule has 0 aliphatic heterocycles. The van der Waals surface area contributed by atoms with Crippen LogP contribution in [-0.4, -0.2) is 33.5 Å². The number of hydrogen-bond acceptors (Lipinski definition) is 4. The summed E-state index contributed by atoms with van der Waals surface area (Å²) in [6, 6.07) is 0. The number of carbonyl (C=O) groups is 2. The molecule has 0 saturated heterocycles. The van der Waals surface area contributed by atoms with Gasteiger partial charge in [0.05, 0.1) is 11.7 Å². The van der Waals surface area contributed by atoms with Crippen molar-refractivity contribution in [3.8, 4) is 0 Å². The molecule has 126 valence electrons. The Kier molecular flexibility index (Phi) is 3.07. The Bertz CT molecular complexity index is 623. The van der Waals surface area contributed by atoms with E-state index in [9.17, 15) is 19.8 Å². The van der Waals surface area contributed by atoms with Gasteiger partial charge in [0, 0.05) is 23.7 Å². The molecule has 0 heterocycles. The van der Waals surface area contributed by atoms with Gasteiger partial charge in [-0.1, -0.05) is 13.8 Å². The van der Waals surface area contributed by atoms with E-state index in [4.69, 9.17) is 0 Å². The molecule has 0 amide bonds. The van der Waals surface area contributed by atoms with Gasteiger partial charge in [0.1, 0.15) is 5.78 Å². The van der Waals surface area contributed by atoms with Gasteiger partial charge in [0.2, 0.25) is 0 Å². The molecule has 1 unspecified atom stereocenters. The van der Waals surface area contributed by atoms with Crippen molar-refractivity contribution < 1.29 is 19.8 Å². The van der Waals surface area contributed by atoms with Crippen LogP contribution >= 0.6 is 0 Å². The standard InChI is InChI=1S/C19H26O4/c1-17-7-8-19(23)13(12(17)3-4-16(17)22)10-15(21)14-9-11(20)5-6-18(14,19)2/h9,12-13,15,21,23H,3-8,10H2,1-2H3/t12-,13-,15?,17-,18-,19-/m0/s1. The minimum Gasteiger partial charge on any atom is -0.389 e. The van der Waals surface area contributed by atoms with Crippen LogP contribution in [0.15, 0.2) is 11.6 Å². The number of carbonyl (C=O) groups excluding carboxylic acids is 2. The van der Waals surface area contributed by atoms with E-state index < -0.39 is 17.1 Å². The molecule has 0 radical (unpaired) electrons. The number of aliphatic hydroxyl groups excluding tert-OH is 1. The molecule has 23 heavy (non-hydrogen) atoms. The SMILES string of the molecule is C[C@]12CCC(=O)C=C1C(O)C[C@H]1[C@@H]3CCC(=O)[C@@]3(C)CC[C@]12O. The fourth-order valence-corrected chi connectivity index (χ4v) is 6.30. The predicted molar refractivity (Wildman–Crippen MR) is 84.6 cm³/mol. The summed E-state index contributed by atoms with van der Waals surface area (Å²) < 4.78 is 0. The third kappa shape index (κ3) is 1.74. The van der Waals surface area contributed by atoms with Gasteiger partial charge in [-0.05, 0) is 55.6 Å². The van der Waals surface area contributed by atoms with Crippen LogP contribution in [0, 0.1) is 22.7 Å². The first-order valence-electron chi connectivity index (χ1n) is 8.91. The highest BCUT2D eigenvalue weighted by atomic mass is 16.3. The minimum absolute atomic E-state index is 0.0512. The number of aliphatic hydroxyl groups is 2. The first-order valence-corrected chi connectivity index (χ1v) is 8.91. The lowest BCUT2D eigenvalue weighted by molar-refractivity contribution is -0.200. The molecular formula is C19H26O4. The number of ketones is 2. The predicted octanol–water partition coefficient (Wildman–Crippen LogP) is 2.17. The number of rotatable bonds is 0. The zero-order chi connectivity index (χ0) is 16.6. The average molecular weight is 318 g/mol. The maximum absolute atomic E-state index is 12.4. The van der Waals surface area contributed by atoms with Gasteiger partial charge in [-0.25, -0.2) is 0 Å². The van der Waals surface area contributed by atoms with E-state index in [1.165, 1.54) is 0 Å². The summed E-state index contributed by atoms with van der Waals surface area (Å²) in [4.78, 5) is 24.2. The first kappa shape index (κ1) is 15.5. The molecule has 3 fully saturated rings. The van der Waals surface area contributed by atoms with Crippen LogP contribution in [-0.2, 0) is 9.59 Å². The molecule has 4 rings (SSSR count). The van der Waals surface area contributed by atoms with Crippen LogP contribution < -0.4 is 0 Å². The highest BCUT2D eigenvalue weighted by molar-refractivity contribution is 5.92. The summed E-state index contributed by atoms with van der Waals surface area (Å²) in [5.74, 6) is 0.470. The molecular weight excluding hydrogens is 292 g/mol. The van der Waals surface area contributed by atoms with Crippen LogP contribution in [0.2, 0.25) is 0 Å². The molecule has 0 bridgehead atoms. The van der Waals surface area contributed by atoms with Crippen molar-refractivity contribution >= 4 is 11.6 Å². The van der Waals surface area contributed by atoms with E-state index in [2.05, 4.69) is 6.92 Å². The fraction of sp³-hybridized carbons (Fsp3) is 0.789. The second-order valence-electron chi connectivity index (χ2n) is 8.67. The molecule has 0 aromatic heterocycles. The van der Waals surface area contributed by atoms with Crippen molar-refractivity contribution in [2.24, 2.45) is 22.7 Å². The molecule has 0 aromatic rings. The Morgan fingerprint density at radius 1 is 1.09 bits per heavy atom. The lowest BCUT2D eigenvalue weighted by atomic mass is 9.44. The molecule has 4 aliphatic rings. The lowest BCUT2D eigenvalue weighted by Crippen LogP contribution is -2.65. The molecule has 0 aromatic carbocycles. The number of fused-ring (bicyclic) bond motifs is 5. The normalized spacial score (nSPS) is 52.5. The van der Waals surface area contributed by atoms with Crippen molar-refractivity contribution in [1.29, 1.82) is 0 Å². The third-order valence-electron chi connectivity index (χ3n) is 7.88. The largest absolute Gasteiger partial charge is 0.389 e. The number of hydrogen-bond donors (Lipinski definition) is 2. The second kappa shape index (κ2) is 4.54. The van der Waals surface area contributed by atoms with Crippen LogP contribution in [0.4, 0.5) is 0 Å². The minimum atomic E-state index is -0.909. The zero-order valence-electron chi connectivity index (χ0n) is 14.0. The molecule has 4 heteroatoms. The number of Topliss-reactive ketones (excluding diaryl/α,β-unsaturated/α-hetero) is 1. The van der Waals surface area contributed by atoms with Gasteiger partial charge in [0.15, 0.2) is 5.78 Å². The van der Waals surface area contributed by atoms with E-state index in [1.54, 1.807) is 6.08 Å². The maximum Gasteiger partial charge on any atom is 0.155 e. The summed E-state index contributed by atoms with van der Waals surface area (Å²) in [7, 11) is 0. The third-order valence-corrected chi connectivity index (χ3v) is 7.88. The van der Waals surface area contributed by atoms with Gasteiger partial charge >= 0.3 is 0 Å². The van der Waals surface area contributed by atoms with E-state index >= 15 is 0 Å². The molecule has 0 spiro atoms. The Morgan fingerprint density at radius 3 is 2.57 bits per heavy atom. The van der Waals surface area contributed by atoms with Crippen LogP contribution in [0.25, 0.3) is 0 Å². The van der Waals surface area contributed by atoms with Crippen molar-refractivity contribution in [1.82, 2.24) is 0 Å². The van der Waals surface area contributed by atoms with Gasteiger partial charge in [-0.3, -0.25) is 9.59 Å². The lowest BCUT2D eigenvalue weighted by Gasteiger charge is -2.62. The molecule has 4 nitrogen and oxygen atoms in total. The van der Waals surface area contributed by atoms with Gasteiger partial charge in [-0.15, -0.1) is 0 Å². The molecule has 4 aliphatic carbocycles. The average Bonchev–Trinajstić information content (AvgIpc) is 2.80. The summed E-state index contributed by atoms with van der Waals surface area (Å²) in [5, 5.41) is 22.4. The Hall–Kier alpha value is -1.00. The topological polar surface area (TPSA) is 74.6 Å². The first-order chi connectivity index (χ1) is 10.7. The fourth-order valence-electron chi connectivity index (χ4n) is 6.30. The summed E-state index contributed by atoms with van der Waals surface area (Å²) in [5.41, 5.74) is -1.07. The van der Waals surface area contributed by atoms with Gasteiger partial charge in [0.25, 0.3) is 0 Å². The van der Waals surface area contributed by atoms with Crippen molar-refractivity contribution in [2.45, 2.75) is 70.5 Å². The monoisotopic (exact) mass is 318 g/mol. The van der Waals surface area contributed by atoms with Crippen molar-refractivity contribution in [3.63, 3.8) is 0 Å². The smallest absolute Gasteiger partial charge is 0.155 e. The van der Waals surface area contributed by atoms with Crippen molar-refractivity contribution in [2.75, 3.05) is 0 Å². The molecule has 3 saturated carbocycles. The Morgan fingerprint density at radius 2 is 1.83 bits per heavy atom. The van der Waals surface area contributed by atoms with Crippen molar-refractivity contribution in [3.05, 3.63) is 11.6 Å². The zero-order valence-corrected chi connectivity index (χ0v) is 14.0. The van der Waals surface area contributed by atoms with Crippen LogP contribution in [0.3, 0.4) is 0 Å². The van der Waals surface area contributed by atoms with Crippen LogP contribution in [0.1, 0.15) is 58.8 Å². The summed E-state index contributed by atoms with van der Waals surface area (Å²) in [6.07, 6.45) is 5.13.